The van der Waals surface area contributed by atoms with Crippen LogP contribution in [0.2, 0.25) is 0 Å². The molecule has 3 rings (SSSR count). The van der Waals surface area contributed by atoms with Gasteiger partial charge in [0.25, 0.3) is 0 Å². The van der Waals surface area contributed by atoms with E-state index in [1.165, 1.54) is 29.7 Å². The van der Waals surface area contributed by atoms with Crippen LogP contribution in [0.3, 0.4) is 0 Å². The molecule has 0 amide bonds. The predicted molar refractivity (Wildman–Crippen MR) is 84.3 cm³/mol. The minimum atomic E-state index is -0.0269. The lowest BCUT2D eigenvalue weighted by Gasteiger charge is -2.29. The number of benzene rings is 1. The van der Waals surface area contributed by atoms with Gasteiger partial charge in [0.15, 0.2) is 0 Å². The summed E-state index contributed by atoms with van der Waals surface area (Å²) in [6.07, 6.45) is 4.73. The van der Waals surface area contributed by atoms with E-state index < -0.39 is 0 Å². The van der Waals surface area contributed by atoms with Gasteiger partial charge in [0.05, 0.1) is 11.2 Å². The van der Waals surface area contributed by atoms with E-state index >= 15 is 0 Å². The van der Waals surface area contributed by atoms with Crippen molar-refractivity contribution in [2.24, 2.45) is 5.92 Å². The summed E-state index contributed by atoms with van der Waals surface area (Å²) in [4.78, 5) is 0. The maximum Gasteiger partial charge on any atom is 0.0666 e. The molecule has 1 saturated heterocycles. The highest BCUT2D eigenvalue weighted by molar-refractivity contribution is 5.59. The maximum atomic E-state index is 6.24. The van der Waals surface area contributed by atoms with Crippen molar-refractivity contribution in [3.63, 3.8) is 0 Å². The Bertz CT molecular complexity index is 504. The van der Waals surface area contributed by atoms with Crippen LogP contribution in [-0.4, -0.2) is 17.7 Å². The Morgan fingerprint density at radius 3 is 2.75 bits per heavy atom. The van der Waals surface area contributed by atoms with E-state index in [-0.39, 0.29) is 11.2 Å². The van der Waals surface area contributed by atoms with E-state index in [0.717, 1.165) is 19.4 Å². The fourth-order valence-corrected chi connectivity index (χ4v) is 4.01. The number of nitrogens with one attached hydrogen (secondary N) is 1. The molecule has 1 aromatic rings. The molecule has 0 spiro atoms. The van der Waals surface area contributed by atoms with Gasteiger partial charge in [0.2, 0.25) is 0 Å². The normalized spacial score (nSPS) is 26.9. The van der Waals surface area contributed by atoms with Crippen LogP contribution < -0.4 is 5.32 Å². The Morgan fingerprint density at radius 1 is 1.25 bits per heavy atom. The smallest absolute Gasteiger partial charge is 0.0666 e. The molecule has 0 aliphatic carbocycles. The van der Waals surface area contributed by atoms with Crippen molar-refractivity contribution in [1.82, 2.24) is 0 Å². The lowest BCUT2D eigenvalue weighted by Crippen LogP contribution is -2.30. The molecule has 0 radical (unpaired) electrons. The Labute approximate surface area is 122 Å². The number of para-hydroxylation sites is 1. The number of ether oxygens (including phenoxy) is 1. The highest BCUT2D eigenvalue weighted by Crippen LogP contribution is 2.44. The lowest BCUT2D eigenvalue weighted by atomic mass is 9.81. The number of aryl methyl sites for hydroxylation is 1. The van der Waals surface area contributed by atoms with Crippen molar-refractivity contribution in [2.75, 3.05) is 11.9 Å². The second-order valence-corrected chi connectivity index (χ2v) is 7.55. The Hall–Kier alpha value is -1.02. The summed E-state index contributed by atoms with van der Waals surface area (Å²) in [5.41, 5.74) is 4.35. The molecule has 110 valence electrons. The van der Waals surface area contributed by atoms with Gasteiger partial charge in [0.1, 0.15) is 0 Å². The summed E-state index contributed by atoms with van der Waals surface area (Å²) in [6, 6.07) is 6.78. The number of hydrogen-bond acceptors (Lipinski definition) is 2. The molecule has 1 aromatic carbocycles. The monoisotopic (exact) mass is 273 g/mol. The lowest BCUT2D eigenvalue weighted by molar-refractivity contribution is -0.0744. The fraction of sp³-hybridized carbons (Fsp3) is 0.667. The molecule has 1 atom stereocenters. The quantitative estimate of drug-likeness (QED) is 0.872. The predicted octanol–water partition coefficient (Wildman–Crippen LogP) is 4.18. The summed E-state index contributed by atoms with van der Waals surface area (Å²) >= 11 is 0. The van der Waals surface area contributed by atoms with Crippen molar-refractivity contribution in [1.29, 1.82) is 0 Å². The Morgan fingerprint density at radius 2 is 2.05 bits per heavy atom. The van der Waals surface area contributed by atoms with Crippen LogP contribution in [0.1, 0.15) is 51.7 Å². The number of rotatable bonds is 2. The van der Waals surface area contributed by atoms with Crippen molar-refractivity contribution in [3.8, 4) is 0 Å². The SMILES string of the molecule is CC1(C)CC(Cc2cccc3c2NCCC3)C(C)(C)O1. The van der Waals surface area contributed by atoms with E-state index in [1.807, 2.05) is 0 Å². The first-order chi connectivity index (χ1) is 9.37. The van der Waals surface area contributed by atoms with Gasteiger partial charge in [0, 0.05) is 12.2 Å². The highest BCUT2D eigenvalue weighted by atomic mass is 16.5. The van der Waals surface area contributed by atoms with Crippen LogP contribution in [0, 0.1) is 5.92 Å². The zero-order valence-corrected chi connectivity index (χ0v) is 13.3. The average molecular weight is 273 g/mol. The molecule has 2 heterocycles. The summed E-state index contributed by atoms with van der Waals surface area (Å²) in [7, 11) is 0. The van der Waals surface area contributed by atoms with E-state index in [4.69, 9.17) is 4.74 Å². The summed E-state index contributed by atoms with van der Waals surface area (Å²) < 4.78 is 6.24. The van der Waals surface area contributed by atoms with Gasteiger partial charge in [-0.05, 0) is 70.4 Å². The number of anilines is 1. The minimum absolute atomic E-state index is 0.0104. The maximum absolute atomic E-state index is 6.24. The van der Waals surface area contributed by atoms with Crippen LogP contribution in [0.4, 0.5) is 5.69 Å². The standard InChI is InChI=1S/C18H27NO/c1-17(2)12-15(18(3,4)20-17)11-14-8-5-7-13-9-6-10-19-16(13)14/h5,7-8,15,19H,6,9-12H2,1-4H3. The van der Waals surface area contributed by atoms with Crippen LogP contribution in [-0.2, 0) is 17.6 Å². The van der Waals surface area contributed by atoms with E-state index in [9.17, 15) is 0 Å². The van der Waals surface area contributed by atoms with E-state index in [1.54, 1.807) is 0 Å². The van der Waals surface area contributed by atoms with Crippen LogP contribution in [0.5, 0.6) is 0 Å². The molecular formula is C18H27NO. The van der Waals surface area contributed by atoms with Crippen LogP contribution in [0.25, 0.3) is 0 Å². The molecule has 0 aromatic heterocycles. The second-order valence-electron chi connectivity index (χ2n) is 7.55. The first-order valence-electron chi connectivity index (χ1n) is 7.92. The van der Waals surface area contributed by atoms with Gasteiger partial charge in [-0.3, -0.25) is 0 Å². The molecule has 0 saturated carbocycles. The van der Waals surface area contributed by atoms with Crippen molar-refractivity contribution in [2.45, 2.75) is 64.6 Å². The van der Waals surface area contributed by atoms with Gasteiger partial charge in [-0.15, -0.1) is 0 Å². The molecule has 2 aliphatic rings. The largest absolute Gasteiger partial charge is 0.385 e. The summed E-state index contributed by atoms with van der Waals surface area (Å²) in [5, 5.41) is 3.61. The molecule has 2 aliphatic heterocycles. The Balaban J connectivity index is 1.85. The zero-order valence-electron chi connectivity index (χ0n) is 13.3. The molecule has 20 heavy (non-hydrogen) atoms. The average Bonchev–Trinajstić information content (AvgIpc) is 2.57. The number of hydrogen-bond donors (Lipinski definition) is 1. The van der Waals surface area contributed by atoms with Gasteiger partial charge >= 0.3 is 0 Å². The molecule has 1 N–H and O–H groups in total. The molecule has 0 bridgehead atoms. The van der Waals surface area contributed by atoms with Gasteiger partial charge in [-0.2, -0.15) is 0 Å². The van der Waals surface area contributed by atoms with Crippen molar-refractivity contribution in [3.05, 3.63) is 29.3 Å². The molecule has 1 unspecified atom stereocenters. The first kappa shape index (κ1) is 13.9. The van der Waals surface area contributed by atoms with E-state index in [0.29, 0.717) is 5.92 Å². The first-order valence-corrected chi connectivity index (χ1v) is 7.92. The van der Waals surface area contributed by atoms with Crippen LogP contribution >= 0.6 is 0 Å². The topological polar surface area (TPSA) is 21.3 Å². The molecule has 2 nitrogen and oxygen atoms in total. The second kappa shape index (κ2) is 4.77. The Kier molecular flexibility index (Phi) is 3.32. The van der Waals surface area contributed by atoms with Crippen molar-refractivity contribution >= 4 is 5.69 Å². The minimum Gasteiger partial charge on any atom is -0.385 e. The van der Waals surface area contributed by atoms with Gasteiger partial charge in [-0.25, -0.2) is 0 Å². The van der Waals surface area contributed by atoms with E-state index in [2.05, 4.69) is 51.2 Å². The third kappa shape index (κ3) is 2.58. The third-order valence-corrected chi connectivity index (χ3v) is 4.89. The fourth-order valence-electron chi connectivity index (χ4n) is 4.01. The summed E-state index contributed by atoms with van der Waals surface area (Å²) in [6.45, 7) is 10.0. The van der Waals surface area contributed by atoms with Crippen LogP contribution in [0.15, 0.2) is 18.2 Å². The summed E-state index contributed by atoms with van der Waals surface area (Å²) in [5.74, 6) is 0.590. The zero-order chi connectivity index (χ0) is 14.4. The van der Waals surface area contributed by atoms with Crippen molar-refractivity contribution < 1.29 is 4.74 Å². The molecule has 1 fully saturated rings. The molecule has 2 heteroatoms. The highest BCUT2D eigenvalue weighted by Gasteiger charge is 2.45. The molecular weight excluding hydrogens is 246 g/mol. The van der Waals surface area contributed by atoms with Gasteiger partial charge in [-0.1, -0.05) is 18.2 Å². The third-order valence-electron chi connectivity index (χ3n) is 4.89. The van der Waals surface area contributed by atoms with Gasteiger partial charge < -0.3 is 10.1 Å². The number of fused-ring (bicyclic) bond motifs is 1.